The first-order valence-electron chi connectivity index (χ1n) is 9.20. The molecule has 4 rings (SSSR count). The highest BCUT2D eigenvalue weighted by Crippen LogP contribution is 2.26. The van der Waals surface area contributed by atoms with Crippen molar-refractivity contribution in [2.45, 2.75) is 12.5 Å². The Bertz CT molecular complexity index is 1070. The van der Waals surface area contributed by atoms with Gasteiger partial charge in [-0.05, 0) is 33.6 Å². The minimum absolute atomic E-state index is 0.291. The van der Waals surface area contributed by atoms with Crippen LogP contribution in [0.5, 0.6) is 0 Å². The van der Waals surface area contributed by atoms with Crippen LogP contribution in [0.4, 0.5) is 22.2 Å². The van der Waals surface area contributed by atoms with Gasteiger partial charge < -0.3 is 20.9 Å². The van der Waals surface area contributed by atoms with Crippen molar-refractivity contribution in [1.82, 2.24) is 30.2 Å². The van der Waals surface area contributed by atoms with Gasteiger partial charge in [0.2, 0.25) is 5.95 Å². The molecule has 0 radical (unpaired) electrons. The number of imide groups is 1. The van der Waals surface area contributed by atoms with Crippen molar-refractivity contribution in [3.8, 4) is 0 Å². The molecule has 11 heteroatoms. The number of anilines is 3. The second-order valence-electron chi connectivity index (χ2n) is 6.67. The van der Waals surface area contributed by atoms with Gasteiger partial charge in [-0.3, -0.25) is 9.69 Å². The molecule has 154 valence electrons. The molecular weight excluding hydrogens is 452 g/mol. The molecule has 1 unspecified atom stereocenters. The molecule has 1 aromatic carbocycles. The summed E-state index contributed by atoms with van der Waals surface area (Å²) in [6, 6.07) is 6.11. The molecule has 1 saturated heterocycles. The van der Waals surface area contributed by atoms with Gasteiger partial charge in [0.1, 0.15) is 11.9 Å². The summed E-state index contributed by atoms with van der Waals surface area (Å²) in [5.74, 6) is 0.766. The topological polar surface area (TPSA) is 128 Å². The molecule has 4 N–H and O–H groups in total. The number of halogens is 1. The number of likely N-dealkylation sites (N-methyl/N-ethyl adjacent to an activating group) is 1. The number of hydrogen-bond donors (Lipinski definition) is 4. The Kier molecular flexibility index (Phi) is 5.61. The van der Waals surface area contributed by atoms with Crippen LogP contribution in [0, 0.1) is 0 Å². The normalized spacial score (nSPS) is 15.9. The summed E-state index contributed by atoms with van der Waals surface area (Å²) in [6.45, 7) is 0.670. The first kappa shape index (κ1) is 19.8. The zero-order valence-corrected chi connectivity index (χ0v) is 17.6. The molecule has 3 aromatic rings. The number of imidazole rings is 1. The summed E-state index contributed by atoms with van der Waals surface area (Å²) < 4.78 is 0.744. The lowest BCUT2D eigenvalue weighted by Crippen LogP contribution is -2.25. The number of benzene rings is 1. The summed E-state index contributed by atoms with van der Waals surface area (Å²) in [5, 5.41) is 9.07. The van der Waals surface area contributed by atoms with Crippen molar-refractivity contribution < 1.29 is 9.59 Å². The molecule has 0 aliphatic carbocycles. The fourth-order valence-electron chi connectivity index (χ4n) is 3.02. The Morgan fingerprint density at radius 1 is 1.27 bits per heavy atom. The van der Waals surface area contributed by atoms with Crippen LogP contribution in [0.2, 0.25) is 0 Å². The van der Waals surface area contributed by atoms with E-state index in [2.05, 4.69) is 51.8 Å². The molecule has 1 aliphatic rings. The first-order valence-corrected chi connectivity index (χ1v) is 9.99. The molecule has 1 aliphatic heterocycles. The van der Waals surface area contributed by atoms with Crippen LogP contribution < -0.4 is 16.0 Å². The van der Waals surface area contributed by atoms with Crippen molar-refractivity contribution in [1.29, 1.82) is 0 Å². The van der Waals surface area contributed by atoms with Crippen LogP contribution in [-0.4, -0.2) is 50.4 Å². The Labute approximate surface area is 180 Å². The lowest BCUT2D eigenvalue weighted by atomic mass is 10.1. The van der Waals surface area contributed by atoms with Gasteiger partial charge in [0.15, 0.2) is 0 Å². The molecule has 0 spiro atoms. The number of aromatic amines is 1. The van der Waals surface area contributed by atoms with Crippen molar-refractivity contribution in [2.75, 3.05) is 24.2 Å². The monoisotopic (exact) mass is 470 g/mol. The summed E-state index contributed by atoms with van der Waals surface area (Å²) in [7, 11) is 1.45. The van der Waals surface area contributed by atoms with Crippen molar-refractivity contribution in [3.05, 3.63) is 58.7 Å². The van der Waals surface area contributed by atoms with Gasteiger partial charge in [0.05, 0.1) is 10.8 Å². The number of carbonyl (C=O) groups is 2. The van der Waals surface area contributed by atoms with Gasteiger partial charge in [0, 0.05) is 43.8 Å². The lowest BCUT2D eigenvalue weighted by molar-refractivity contribution is -0.126. The summed E-state index contributed by atoms with van der Waals surface area (Å²) in [4.78, 5) is 40.9. The minimum atomic E-state index is -0.699. The standard InChI is InChI=1S/C19H19BrN8O2/c1-28-17(29)15(26-19(28)30)11-3-2-4-12(7-11)25-18-23-9-14(20)16(27-18)22-6-5-13-8-21-10-24-13/h2-4,7-10,15H,5-6H2,1H3,(H,21,24)(H,26,30)(H2,22,23,25,27). The quantitative estimate of drug-likeness (QED) is 0.390. The molecule has 0 bridgehead atoms. The van der Waals surface area contributed by atoms with Crippen LogP contribution in [0.25, 0.3) is 0 Å². The zero-order chi connectivity index (χ0) is 21.1. The lowest BCUT2D eigenvalue weighted by Gasteiger charge is -2.12. The number of rotatable bonds is 7. The molecule has 0 saturated carbocycles. The molecule has 10 nitrogen and oxygen atoms in total. The number of aromatic nitrogens is 4. The molecule has 3 amide bonds. The highest BCUT2D eigenvalue weighted by molar-refractivity contribution is 9.10. The maximum absolute atomic E-state index is 12.2. The molecule has 30 heavy (non-hydrogen) atoms. The zero-order valence-electron chi connectivity index (χ0n) is 16.0. The number of H-pyrrole nitrogens is 1. The van der Waals surface area contributed by atoms with Crippen LogP contribution in [-0.2, 0) is 11.2 Å². The number of hydrogen-bond acceptors (Lipinski definition) is 7. The van der Waals surface area contributed by atoms with Gasteiger partial charge in [0.25, 0.3) is 5.91 Å². The Morgan fingerprint density at radius 2 is 2.13 bits per heavy atom. The van der Waals surface area contributed by atoms with Crippen LogP contribution in [0.15, 0.2) is 47.5 Å². The van der Waals surface area contributed by atoms with Gasteiger partial charge in [-0.25, -0.2) is 14.8 Å². The summed E-state index contributed by atoms with van der Waals surface area (Å²) in [6.07, 6.45) is 5.87. The second kappa shape index (κ2) is 8.49. The molecular formula is C19H19BrN8O2. The summed E-state index contributed by atoms with van der Waals surface area (Å²) >= 11 is 3.45. The van der Waals surface area contributed by atoms with E-state index < -0.39 is 12.1 Å². The minimum Gasteiger partial charge on any atom is -0.369 e. The second-order valence-corrected chi connectivity index (χ2v) is 7.53. The number of nitrogens with zero attached hydrogens (tertiary/aromatic N) is 4. The Balaban J connectivity index is 1.45. The third-order valence-corrected chi connectivity index (χ3v) is 5.19. The molecule has 1 fully saturated rings. The number of urea groups is 1. The number of amides is 3. The average molecular weight is 471 g/mol. The van der Waals surface area contributed by atoms with Crippen LogP contribution >= 0.6 is 15.9 Å². The largest absolute Gasteiger partial charge is 0.369 e. The predicted molar refractivity (Wildman–Crippen MR) is 114 cm³/mol. The van der Waals surface area contributed by atoms with Gasteiger partial charge in [-0.2, -0.15) is 4.98 Å². The van der Waals surface area contributed by atoms with Gasteiger partial charge >= 0.3 is 6.03 Å². The van der Waals surface area contributed by atoms with E-state index >= 15 is 0 Å². The summed E-state index contributed by atoms with van der Waals surface area (Å²) in [5.41, 5.74) is 2.41. The fourth-order valence-corrected chi connectivity index (χ4v) is 3.35. The Morgan fingerprint density at radius 3 is 2.87 bits per heavy atom. The van der Waals surface area contributed by atoms with E-state index in [1.54, 1.807) is 36.9 Å². The Hall–Kier alpha value is -3.47. The smallest absolute Gasteiger partial charge is 0.324 e. The van der Waals surface area contributed by atoms with Gasteiger partial charge in [-0.1, -0.05) is 12.1 Å². The van der Waals surface area contributed by atoms with E-state index in [0.29, 0.717) is 29.6 Å². The third kappa shape index (κ3) is 4.25. The predicted octanol–water partition coefficient (Wildman–Crippen LogP) is 2.58. The van der Waals surface area contributed by atoms with Crippen molar-refractivity contribution >= 4 is 45.3 Å². The van der Waals surface area contributed by atoms with E-state index in [-0.39, 0.29) is 5.91 Å². The van der Waals surface area contributed by atoms with E-state index in [1.807, 2.05) is 6.07 Å². The van der Waals surface area contributed by atoms with E-state index in [4.69, 9.17) is 0 Å². The van der Waals surface area contributed by atoms with Crippen molar-refractivity contribution in [3.63, 3.8) is 0 Å². The molecule has 2 aromatic heterocycles. The first-order chi connectivity index (χ1) is 14.5. The SMILES string of the molecule is CN1C(=O)NC(c2cccc(Nc3ncc(Br)c(NCCc4cnc[nH]4)n3)c2)C1=O. The van der Waals surface area contributed by atoms with E-state index in [0.717, 1.165) is 21.5 Å². The average Bonchev–Trinajstić information content (AvgIpc) is 3.35. The number of nitrogens with one attached hydrogen (secondary N) is 4. The van der Waals surface area contributed by atoms with Gasteiger partial charge in [-0.15, -0.1) is 0 Å². The maximum Gasteiger partial charge on any atom is 0.324 e. The number of carbonyl (C=O) groups excluding carboxylic acids is 2. The molecule has 1 atom stereocenters. The van der Waals surface area contributed by atoms with E-state index in [9.17, 15) is 9.59 Å². The fraction of sp³-hybridized carbons (Fsp3) is 0.211. The van der Waals surface area contributed by atoms with Crippen molar-refractivity contribution in [2.24, 2.45) is 0 Å². The highest BCUT2D eigenvalue weighted by Gasteiger charge is 2.36. The maximum atomic E-state index is 12.2. The highest BCUT2D eigenvalue weighted by atomic mass is 79.9. The van der Waals surface area contributed by atoms with E-state index in [1.165, 1.54) is 7.05 Å². The van der Waals surface area contributed by atoms with Crippen LogP contribution in [0.1, 0.15) is 17.3 Å². The molecule has 3 heterocycles. The van der Waals surface area contributed by atoms with Crippen LogP contribution in [0.3, 0.4) is 0 Å². The third-order valence-electron chi connectivity index (χ3n) is 4.61.